The molecule has 0 aliphatic heterocycles. The largest absolute Gasteiger partial charge is 0.389 e. The average molecular weight is 285 g/mol. The fourth-order valence-electron chi connectivity index (χ4n) is 1.88. The number of benzene rings is 1. The first-order valence-corrected chi connectivity index (χ1v) is 7.12. The maximum Gasteiger partial charge on any atom is 0.106 e. The number of anilines is 1. The maximum absolute atomic E-state index is 6.01. The summed E-state index contributed by atoms with van der Waals surface area (Å²) in [7, 11) is 0. The summed E-state index contributed by atoms with van der Waals surface area (Å²) in [5.74, 6) is 0.639. The predicted octanol–water partition coefficient (Wildman–Crippen LogP) is 3.85. The Hall–Kier alpha value is -0.800. The number of hydrogen-bond donors (Lipinski definition) is 1. The minimum Gasteiger partial charge on any atom is -0.389 e. The van der Waals surface area contributed by atoms with Crippen LogP contribution in [0.3, 0.4) is 0 Å². The zero-order chi connectivity index (χ0) is 13.7. The fourth-order valence-corrected chi connectivity index (χ4v) is 2.22. The zero-order valence-corrected chi connectivity index (χ0v) is 12.8. The van der Waals surface area contributed by atoms with Crippen LogP contribution in [-0.2, 0) is 0 Å². The van der Waals surface area contributed by atoms with Crippen LogP contribution in [0.15, 0.2) is 18.2 Å². The summed E-state index contributed by atoms with van der Waals surface area (Å²) in [5.41, 5.74) is 7.73. The normalized spacial score (nSPS) is 12.2. The van der Waals surface area contributed by atoms with E-state index in [1.807, 2.05) is 18.2 Å². The number of thiocarbonyl (C=S) groups is 1. The lowest BCUT2D eigenvalue weighted by atomic mass is 10.1. The first-order chi connectivity index (χ1) is 8.49. The van der Waals surface area contributed by atoms with Crippen LogP contribution in [0.5, 0.6) is 0 Å². The van der Waals surface area contributed by atoms with Crippen molar-refractivity contribution in [3.8, 4) is 0 Å². The summed E-state index contributed by atoms with van der Waals surface area (Å²) in [6.07, 6.45) is 1.16. The summed E-state index contributed by atoms with van der Waals surface area (Å²) in [4.78, 5) is 2.70. The van der Waals surface area contributed by atoms with E-state index in [9.17, 15) is 0 Å². The highest BCUT2D eigenvalue weighted by molar-refractivity contribution is 7.80. The number of halogens is 1. The van der Waals surface area contributed by atoms with Crippen molar-refractivity contribution in [1.82, 2.24) is 0 Å². The molecule has 1 rings (SSSR count). The molecule has 4 heteroatoms. The van der Waals surface area contributed by atoms with Gasteiger partial charge in [0.1, 0.15) is 4.99 Å². The Balaban J connectivity index is 3.08. The zero-order valence-electron chi connectivity index (χ0n) is 11.2. The van der Waals surface area contributed by atoms with E-state index in [1.165, 1.54) is 0 Å². The van der Waals surface area contributed by atoms with Crippen LogP contribution in [0.2, 0.25) is 5.02 Å². The molecule has 0 aliphatic rings. The van der Waals surface area contributed by atoms with Crippen molar-refractivity contribution in [2.24, 2.45) is 11.7 Å². The third-order valence-corrected chi connectivity index (χ3v) is 3.63. The molecule has 0 aliphatic carbocycles. The lowest BCUT2D eigenvalue weighted by Gasteiger charge is -2.28. The number of rotatable bonds is 6. The van der Waals surface area contributed by atoms with Gasteiger partial charge < -0.3 is 10.6 Å². The predicted molar refractivity (Wildman–Crippen MR) is 84.7 cm³/mol. The minimum absolute atomic E-state index is 0.398. The van der Waals surface area contributed by atoms with E-state index in [-0.39, 0.29) is 0 Å². The van der Waals surface area contributed by atoms with E-state index in [4.69, 9.17) is 29.6 Å². The molecule has 0 bridgehead atoms. The molecule has 0 spiro atoms. The Morgan fingerprint density at radius 1 is 1.44 bits per heavy atom. The molecule has 0 aromatic heterocycles. The van der Waals surface area contributed by atoms with Crippen molar-refractivity contribution in [1.29, 1.82) is 0 Å². The highest BCUT2D eigenvalue weighted by Gasteiger charge is 2.14. The van der Waals surface area contributed by atoms with E-state index in [2.05, 4.69) is 25.7 Å². The number of hydrogen-bond acceptors (Lipinski definition) is 2. The van der Waals surface area contributed by atoms with Crippen molar-refractivity contribution < 1.29 is 0 Å². The molecule has 0 saturated heterocycles. The minimum atomic E-state index is 0.398. The van der Waals surface area contributed by atoms with Gasteiger partial charge in [-0.3, -0.25) is 0 Å². The maximum atomic E-state index is 6.01. The molecule has 0 heterocycles. The molecular formula is C14H21ClN2S. The van der Waals surface area contributed by atoms with Crippen LogP contribution < -0.4 is 10.6 Å². The van der Waals surface area contributed by atoms with Gasteiger partial charge >= 0.3 is 0 Å². The van der Waals surface area contributed by atoms with Crippen molar-refractivity contribution in [2.75, 3.05) is 18.0 Å². The lowest BCUT2D eigenvalue weighted by molar-refractivity contribution is 0.548. The topological polar surface area (TPSA) is 29.3 Å². The standard InChI is InChI=1S/C14H21ClN2S/c1-4-10(3)9-17(5-2)13-7-6-11(15)8-12(13)14(16)18/h6-8,10H,4-5,9H2,1-3H3,(H2,16,18). The number of nitrogens with zero attached hydrogens (tertiary/aromatic N) is 1. The first kappa shape index (κ1) is 15.3. The van der Waals surface area contributed by atoms with Gasteiger partial charge in [-0.05, 0) is 31.0 Å². The molecule has 100 valence electrons. The summed E-state index contributed by atoms with van der Waals surface area (Å²) >= 11 is 11.1. The van der Waals surface area contributed by atoms with Gasteiger partial charge in [0, 0.05) is 29.4 Å². The second kappa shape index (κ2) is 6.95. The lowest BCUT2D eigenvalue weighted by Crippen LogP contribution is -2.30. The monoisotopic (exact) mass is 284 g/mol. The molecule has 0 saturated carbocycles. The first-order valence-electron chi connectivity index (χ1n) is 6.33. The molecule has 1 atom stereocenters. The second-order valence-electron chi connectivity index (χ2n) is 4.58. The fraction of sp³-hybridized carbons (Fsp3) is 0.500. The quantitative estimate of drug-likeness (QED) is 0.805. The SMILES string of the molecule is CCC(C)CN(CC)c1ccc(Cl)cc1C(N)=S. The third-order valence-electron chi connectivity index (χ3n) is 3.18. The van der Waals surface area contributed by atoms with Gasteiger partial charge in [0.25, 0.3) is 0 Å². The van der Waals surface area contributed by atoms with E-state index in [0.717, 1.165) is 30.8 Å². The molecule has 2 N–H and O–H groups in total. The summed E-state index contributed by atoms with van der Waals surface area (Å²) in [6.45, 7) is 8.53. The van der Waals surface area contributed by atoms with E-state index in [0.29, 0.717) is 15.9 Å². The van der Waals surface area contributed by atoms with Crippen LogP contribution in [0.1, 0.15) is 32.8 Å². The van der Waals surface area contributed by atoms with Crippen LogP contribution in [0.25, 0.3) is 0 Å². The van der Waals surface area contributed by atoms with E-state index >= 15 is 0 Å². The Morgan fingerprint density at radius 3 is 2.61 bits per heavy atom. The van der Waals surface area contributed by atoms with Crippen LogP contribution in [0.4, 0.5) is 5.69 Å². The molecule has 0 fully saturated rings. The third kappa shape index (κ3) is 3.85. The van der Waals surface area contributed by atoms with Gasteiger partial charge in [0.15, 0.2) is 0 Å². The number of nitrogens with two attached hydrogens (primary N) is 1. The molecule has 1 unspecified atom stereocenters. The van der Waals surface area contributed by atoms with Crippen LogP contribution >= 0.6 is 23.8 Å². The van der Waals surface area contributed by atoms with E-state index in [1.54, 1.807) is 0 Å². The molecule has 2 nitrogen and oxygen atoms in total. The van der Waals surface area contributed by atoms with Crippen LogP contribution in [0, 0.1) is 5.92 Å². The molecule has 18 heavy (non-hydrogen) atoms. The molecule has 0 radical (unpaired) electrons. The smallest absolute Gasteiger partial charge is 0.106 e. The van der Waals surface area contributed by atoms with E-state index < -0.39 is 0 Å². The Kier molecular flexibility index (Phi) is 5.89. The molecule has 0 amide bonds. The highest BCUT2D eigenvalue weighted by atomic mass is 35.5. The van der Waals surface area contributed by atoms with Gasteiger partial charge in [0.05, 0.1) is 0 Å². The Labute approximate surface area is 120 Å². The highest BCUT2D eigenvalue weighted by Crippen LogP contribution is 2.25. The van der Waals surface area contributed by atoms with Gasteiger partial charge in [-0.2, -0.15) is 0 Å². The van der Waals surface area contributed by atoms with Gasteiger partial charge in [0.2, 0.25) is 0 Å². The van der Waals surface area contributed by atoms with Gasteiger partial charge in [-0.15, -0.1) is 0 Å². The van der Waals surface area contributed by atoms with Gasteiger partial charge in [-0.1, -0.05) is 44.1 Å². The van der Waals surface area contributed by atoms with Crippen molar-refractivity contribution >= 4 is 34.5 Å². The Morgan fingerprint density at radius 2 is 2.11 bits per heavy atom. The molecular weight excluding hydrogens is 264 g/mol. The van der Waals surface area contributed by atoms with Crippen molar-refractivity contribution in [3.05, 3.63) is 28.8 Å². The van der Waals surface area contributed by atoms with Crippen LogP contribution in [-0.4, -0.2) is 18.1 Å². The average Bonchev–Trinajstić information content (AvgIpc) is 2.35. The second-order valence-corrected chi connectivity index (χ2v) is 5.45. The van der Waals surface area contributed by atoms with Crippen molar-refractivity contribution in [3.63, 3.8) is 0 Å². The molecule has 1 aromatic rings. The summed E-state index contributed by atoms with van der Waals surface area (Å²) < 4.78 is 0. The summed E-state index contributed by atoms with van der Waals surface area (Å²) in [6, 6.07) is 5.74. The van der Waals surface area contributed by atoms with Crippen molar-refractivity contribution in [2.45, 2.75) is 27.2 Å². The molecule has 1 aromatic carbocycles. The van der Waals surface area contributed by atoms with Gasteiger partial charge in [-0.25, -0.2) is 0 Å². The Bertz CT molecular complexity index is 420. The summed E-state index contributed by atoms with van der Waals surface area (Å²) in [5, 5.41) is 0.668.